The molecule has 4 heteroatoms. The van der Waals surface area contributed by atoms with Crippen molar-refractivity contribution in [1.82, 2.24) is 9.80 Å². The molecule has 0 radical (unpaired) electrons. The van der Waals surface area contributed by atoms with E-state index in [0.29, 0.717) is 6.42 Å². The molecule has 1 atom stereocenters. The number of piperidine rings is 1. The zero-order valence-electron chi connectivity index (χ0n) is 12.9. The zero-order chi connectivity index (χ0) is 14.3. The van der Waals surface area contributed by atoms with Crippen molar-refractivity contribution in [1.29, 1.82) is 0 Å². The van der Waals surface area contributed by atoms with E-state index in [0.717, 1.165) is 31.8 Å². The van der Waals surface area contributed by atoms with Crippen LogP contribution in [0.5, 0.6) is 0 Å². The van der Waals surface area contributed by atoms with Gasteiger partial charge in [0, 0.05) is 12.5 Å². The van der Waals surface area contributed by atoms with Crippen LogP contribution in [-0.2, 0) is 4.79 Å². The van der Waals surface area contributed by atoms with Crippen LogP contribution in [0.4, 0.5) is 0 Å². The van der Waals surface area contributed by atoms with Crippen LogP contribution >= 0.6 is 0 Å². The van der Waals surface area contributed by atoms with E-state index in [9.17, 15) is 4.79 Å². The molecule has 0 amide bonds. The molecule has 2 N–H and O–H groups in total. The van der Waals surface area contributed by atoms with Crippen LogP contribution in [0, 0.1) is 0 Å². The number of hydrogen-bond donors (Lipinski definition) is 1. The Labute approximate surface area is 118 Å². The fourth-order valence-electron chi connectivity index (χ4n) is 2.78. The van der Waals surface area contributed by atoms with Crippen molar-refractivity contribution < 1.29 is 4.79 Å². The molecule has 0 spiro atoms. The van der Waals surface area contributed by atoms with Crippen LogP contribution < -0.4 is 5.73 Å². The lowest BCUT2D eigenvalue weighted by Crippen LogP contribution is -2.42. The van der Waals surface area contributed by atoms with Crippen LogP contribution in [0.25, 0.3) is 0 Å². The fraction of sp³-hybridized carbons (Fsp3) is 0.933. The Morgan fingerprint density at radius 3 is 2.47 bits per heavy atom. The van der Waals surface area contributed by atoms with Gasteiger partial charge in [-0.3, -0.25) is 4.79 Å². The number of carbonyl (C=O) groups excluding carboxylic acids is 1. The molecule has 1 aliphatic heterocycles. The average Bonchev–Trinajstić information content (AvgIpc) is 2.42. The van der Waals surface area contributed by atoms with Crippen LogP contribution in [-0.4, -0.2) is 61.4 Å². The van der Waals surface area contributed by atoms with Gasteiger partial charge in [0.1, 0.15) is 5.78 Å². The summed E-state index contributed by atoms with van der Waals surface area (Å²) in [4.78, 5) is 16.3. The molecule has 1 aliphatic rings. The third-order valence-corrected chi connectivity index (χ3v) is 4.29. The minimum Gasteiger partial charge on any atom is -0.322 e. The predicted molar refractivity (Wildman–Crippen MR) is 80.3 cm³/mol. The lowest BCUT2D eigenvalue weighted by atomic mass is 10.0. The monoisotopic (exact) mass is 269 g/mol. The summed E-state index contributed by atoms with van der Waals surface area (Å²) in [5.41, 5.74) is 5.83. The van der Waals surface area contributed by atoms with Gasteiger partial charge in [0.15, 0.2) is 0 Å². The van der Waals surface area contributed by atoms with Crippen molar-refractivity contribution in [2.75, 3.05) is 33.7 Å². The Hall–Kier alpha value is -0.450. The highest BCUT2D eigenvalue weighted by atomic mass is 16.1. The highest BCUT2D eigenvalue weighted by molar-refractivity contribution is 5.83. The van der Waals surface area contributed by atoms with Crippen LogP contribution in [0.2, 0.25) is 0 Å². The van der Waals surface area contributed by atoms with Gasteiger partial charge in [-0.25, -0.2) is 0 Å². The molecule has 0 bridgehead atoms. The number of ketones is 1. The molecule has 4 nitrogen and oxygen atoms in total. The van der Waals surface area contributed by atoms with Gasteiger partial charge in [0.05, 0.1) is 6.04 Å². The molecule has 0 saturated carbocycles. The van der Waals surface area contributed by atoms with Gasteiger partial charge in [-0.1, -0.05) is 13.3 Å². The SMILES string of the molecule is CCC(=O)[C@@H](N)CCCCN1CCC(N(C)C)CC1. The first-order valence-corrected chi connectivity index (χ1v) is 7.71. The first-order chi connectivity index (χ1) is 9.04. The quantitative estimate of drug-likeness (QED) is 0.678. The summed E-state index contributed by atoms with van der Waals surface area (Å²) in [7, 11) is 4.35. The summed E-state index contributed by atoms with van der Waals surface area (Å²) in [5, 5.41) is 0. The molecule has 0 aromatic heterocycles. The Bertz CT molecular complexity index is 260. The van der Waals surface area contributed by atoms with Gasteiger partial charge < -0.3 is 15.5 Å². The number of hydrogen-bond acceptors (Lipinski definition) is 4. The third kappa shape index (κ3) is 6.02. The Kier molecular flexibility index (Phi) is 7.57. The highest BCUT2D eigenvalue weighted by Gasteiger charge is 2.20. The molecular formula is C15H31N3O. The Balaban J connectivity index is 2.06. The third-order valence-electron chi connectivity index (χ3n) is 4.29. The van der Waals surface area contributed by atoms with E-state index in [1.165, 1.54) is 25.9 Å². The number of likely N-dealkylation sites (tertiary alicyclic amines) is 1. The maximum atomic E-state index is 11.4. The summed E-state index contributed by atoms with van der Waals surface area (Å²) < 4.78 is 0. The lowest BCUT2D eigenvalue weighted by molar-refractivity contribution is -0.120. The second kappa shape index (κ2) is 8.67. The Morgan fingerprint density at radius 1 is 1.32 bits per heavy atom. The number of unbranched alkanes of at least 4 members (excludes halogenated alkanes) is 1. The van der Waals surface area contributed by atoms with Gasteiger partial charge >= 0.3 is 0 Å². The van der Waals surface area contributed by atoms with E-state index in [4.69, 9.17) is 5.73 Å². The topological polar surface area (TPSA) is 49.6 Å². The number of carbonyl (C=O) groups is 1. The van der Waals surface area contributed by atoms with Gasteiger partial charge in [-0.2, -0.15) is 0 Å². The summed E-state index contributed by atoms with van der Waals surface area (Å²) >= 11 is 0. The van der Waals surface area contributed by atoms with E-state index in [2.05, 4.69) is 23.9 Å². The molecule has 112 valence electrons. The van der Waals surface area contributed by atoms with Crippen molar-refractivity contribution in [3.05, 3.63) is 0 Å². The summed E-state index contributed by atoms with van der Waals surface area (Å²) in [5.74, 6) is 0.201. The van der Waals surface area contributed by atoms with Crippen LogP contribution in [0.1, 0.15) is 45.4 Å². The van der Waals surface area contributed by atoms with E-state index in [1.54, 1.807) is 0 Å². The standard InChI is InChI=1S/C15H31N3O/c1-4-15(19)14(16)7-5-6-10-18-11-8-13(9-12-18)17(2)3/h13-14H,4-12,16H2,1-3H3/t14-/m0/s1. The number of rotatable bonds is 8. The Morgan fingerprint density at radius 2 is 1.95 bits per heavy atom. The minimum absolute atomic E-state index is 0.201. The van der Waals surface area contributed by atoms with E-state index in [-0.39, 0.29) is 11.8 Å². The molecule has 0 aromatic carbocycles. The second-order valence-electron chi connectivity index (χ2n) is 5.96. The lowest BCUT2D eigenvalue weighted by Gasteiger charge is -2.35. The van der Waals surface area contributed by atoms with Crippen molar-refractivity contribution in [2.45, 2.75) is 57.5 Å². The zero-order valence-corrected chi connectivity index (χ0v) is 12.9. The van der Waals surface area contributed by atoms with Crippen LogP contribution in [0.3, 0.4) is 0 Å². The molecule has 1 rings (SSSR count). The predicted octanol–water partition coefficient (Wildman–Crippen LogP) is 1.49. The minimum atomic E-state index is -0.232. The van der Waals surface area contributed by atoms with Gasteiger partial charge in [0.2, 0.25) is 0 Å². The van der Waals surface area contributed by atoms with E-state index in [1.807, 2.05) is 6.92 Å². The summed E-state index contributed by atoms with van der Waals surface area (Å²) in [6.45, 7) is 5.47. The molecule has 0 unspecified atom stereocenters. The van der Waals surface area contributed by atoms with Crippen molar-refractivity contribution >= 4 is 5.78 Å². The molecule has 0 aliphatic carbocycles. The molecule has 0 aromatic rings. The van der Waals surface area contributed by atoms with Crippen molar-refractivity contribution in [3.8, 4) is 0 Å². The average molecular weight is 269 g/mol. The molecule has 19 heavy (non-hydrogen) atoms. The number of Topliss-reactive ketones (excluding diaryl/α,β-unsaturated/α-hetero) is 1. The highest BCUT2D eigenvalue weighted by Crippen LogP contribution is 2.15. The van der Waals surface area contributed by atoms with E-state index >= 15 is 0 Å². The van der Waals surface area contributed by atoms with E-state index < -0.39 is 0 Å². The van der Waals surface area contributed by atoms with Gasteiger partial charge in [0.25, 0.3) is 0 Å². The number of nitrogens with zero attached hydrogens (tertiary/aromatic N) is 2. The maximum Gasteiger partial charge on any atom is 0.149 e. The first kappa shape index (κ1) is 16.6. The van der Waals surface area contributed by atoms with Gasteiger partial charge in [-0.05, 0) is 59.4 Å². The normalized spacial score (nSPS) is 19.8. The largest absolute Gasteiger partial charge is 0.322 e. The smallest absolute Gasteiger partial charge is 0.149 e. The fourth-order valence-corrected chi connectivity index (χ4v) is 2.78. The maximum absolute atomic E-state index is 11.4. The summed E-state index contributed by atoms with van der Waals surface area (Å²) in [6.07, 6.45) is 6.21. The molecule has 1 fully saturated rings. The first-order valence-electron chi connectivity index (χ1n) is 7.71. The van der Waals surface area contributed by atoms with Crippen molar-refractivity contribution in [2.24, 2.45) is 5.73 Å². The number of nitrogens with two attached hydrogens (primary N) is 1. The van der Waals surface area contributed by atoms with Crippen LogP contribution in [0.15, 0.2) is 0 Å². The molecule has 1 heterocycles. The summed E-state index contributed by atoms with van der Waals surface area (Å²) in [6, 6.07) is 0.524. The van der Waals surface area contributed by atoms with Gasteiger partial charge in [-0.15, -0.1) is 0 Å². The second-order valence-corrected chi connectivity index (χ2v) is 5.96. The van der Waals surface area contributed by atoms with Crippen molar-refractivity contribution in [3.63, 3.8) is 0 Å². The molecule has 1 saturated heterocycles. The molecular weight excluding hydrogens is 238 g/mol.